The maximum Gasteiger partial charge on any atom is 0.255 e. The van der Waals surface area contributed by atoms with Gasteiger partial charge >= 0.3 is 0 Å². The van der Waals surface area contributed by atoms with E-state index in [0.29, 0.717) is 29.3 Å². The standard InChI is InChI=1S/C21H28N2O3S/c1-6-23(7-2)20(24)17-14-11-15-18(26-5)19(17)27(25)22-21(3,4)16-12-9-8-10-13-16/h8-15,22H,6-7H2,1-5H3. The molecule has 0 saturated heterocycles. The summed E-state index contributed by atoms with van der Waals surface area (Å²) in [5.41, 5.74) is 0.847. The lowest BCUT2D eigenvalue weighted by Gasteiger charge is -2.27. The molecular weight excluding hydrogens is 360 g/mol. The molecule has 0 radical (unpaired) electrons. The summed E-state index contributed by atoms with van der Waals surface area (Å²) in [6.07, 6.45) is 0. The van der Waals surface area contributed by atoms with E-state index in [1.165, 1.54) is 7.11 Å². The van der Waals surface area contributed by atoms with Gasteiger partial charge < -0.3 is 9.64 Å². The fourth-order valence-electron chi connectivity index (χ4n) is 2.91. The SMILES string of the molecule is CCN(CC)C(=O)c1cccc(OC)c1S(=O)NC(C)(C)c1ccccc1. The summed E-state index contributed by atoms with van der Waals surface area (Å²) in [5.74, 6) is 0.282. The Hall–Kier alpha value is -2.18. The number of ether oxygens (including phenoxy) is 1. The van der Waals surface area contributed by atoms with Crippen molar-refractivity contribution in [2.24, 2.45) is 0 Å². The van der Waals surface area contributed by atoms with Crippen LogP contribution in [0.2, 0.25) is 0 Å². The molecule has 0 aliphatic rings. The Kier molecular flexibility index (Phi) is 7.16. The van der Waals surface area contributed by atoms with Gasteiger partial charge in [-0.2, -0.15) is 0 Å². The third-order valence-corrected chi connectivity index (χ3v) is 6.00. The summed E-state index contributed by atoms with van der Waals surface area (Å²) < 4.78 is 21.9. The first-order chi connectivity index (χ1) is 12.9. The van der Waals surface area contributed by atoms with Crippen LogP contribution < -0.4 is 9.46 Å². The van der Waals surface area contributed by atoms with Crippen molar-refractivity contribution in [1.29, 1.82) is 0 Å². The molecule has 0 saturated carbocycles. The largest absolute Gasteiger partial charge is 0.495 e. The molecule has 0 aromatic heterocycles. The van der Waals surface area contributed by atoms with Crippen molar-refractivity contribution in [3.05, 3.63) is 59.7 Å². The fourth-order valence-corrected chi connectivity index (χ4v) is 4.29. The topological polar surface area (TPSA) is 58.6 Å². The first kappa shape index (κ1) is 21.1. The van der Waals surface area contributed by atoms with Crippen LogP contribution >= 0.6 is 0 Å². The molecule has 1 N–H and O–H groups in total. The molecule has 146 valence electrons. The number of rotatable bonds is 8. The van der Waals surface area contributed by atoms with Crippen LogP contribution in [0.5, 0.6) is 5.75 Å². The summed E-state index contributed by atoms with van der Waals surface area (Å²) in [7, 11) is -0.122. The summed E-state index contributed by atoms with van der Waals surface area (Å²) in [4.78, 5) is 15.0. The Bertz CT molecular complexity index is 802. The van der Waals surface area contributed by atoms with Crippen molar-refractivity contribution in [1.82, 2.24) is 9.62 Å². The molecule has 0 bridgehead atoms. The minimum atomic E-state index is -1.64. The number of nitrogens with zero attached hydrogens (tertiary/aromatic N) is 1. The van der Waals surface area contributed by atoms with Gasteiger partial charge in [0.25, 0.3) is 5.91 Å². The highest BCUT2D eigenvalue weighted by atomic mass is 32.2. The number of carbonyl (C=O) groups excluding carboxylic acids is 1. The van der Waals surface area contributed by atoms with E-state index in [1.54, 1.807) is 23.1 Å². The number of hydrogen-bond acceptors (Lipinski definition) is 3. The molecule has 0 spiro atoms. The van der Waals surface area contributed by atoms with E-state index in [4.69, 9.17) is 4.74 Å². The van der Waals surface area contributed by atoms with Crippen molar-refractivity contribution < 1.29 is 13.7 Å². The van der Waals surface area contributed by atoms with E-state index < -0.39 is 16.5 Å². The Morgan fingerprint density at radius 3 is 2.26 bits per heavy atom. The van der Waals surface area contributed by atoms with Gasteiger partial charge in [-0.1, -0.05) is 36.4 Å². The maximum atomic E-state index is 13.3. The van der Waals surface area contributed by atoms with Gasteiger partial charge in [0.15, 0.2) is 0 Å². The summed E-state index contributed by atoms with van der Waals surface area (Å²) in [6, 6.07) is 15.0. The van der Waals surface area contributed by atoms with E-state index >= 15 is 0 Å². The smallest absolute Gasteiger partial charge is 0.255 e. The number of carbonyl (C=O) groups is 1. The molecular formula is C21H28N2O3S. The van der Waals surface area contributed by atoms with Crippen LogP contribution in [0.3, 0.4) is 0 Å². The molecule has 1 atom stereocenters. The van der Waals surface area contributed by atoms with Gasteiger partial charge in [0.05, 0.1) is 18.2 Å². The Balaban J connectivity index is 2.44. The molecule has 2 rings (SSSR count). The lowest BCUT2D eigenvalue weighted by molar-refractivity contribution is 0.0768. The van der Waals surface area contributed by atoms with Gasteiger partial charge in [-0.15, -0.1) is 0 Å². The zero-order chi connectivity index (χ0) is 20.0. The van der Waals surface area contributed by atoms with Crippen LogP contribution in [0.1, 0.15) is 43.6 Å². The summed E-state index contributed by atoms with van der Waals surface area (Å²) in [6.45, 7) is 8.94. The molecule has 2 aromatic carbocycles. The molecule has 0 aliphatic carbocycles. The molecule has 0 aliphatic heterocycles. The molecule has 0 heterocycles. The van der Waals surface area contributed by atoms with E-state index in [0.717, 1.165) is 5.56 Å². The van der Waals surface area contributed by atoms with E-state index in [9.17, 15) is 9.00 Å². The van der Waals surface area contributed by atoms with Crippen molar-refractivity contribution in [3.8, 4) is 5.75 Å². The predicted molar refractivity (Wildman–Crippen MR) is 109 cm³/mol. The minimum Gasteiger partial charge on any atom is -0.495 e. The second kappa shape index (κ2) is 9.15. The second-order valence-corrected chi connectivity index (χ2v) is 7.83. The van der Waals surface area contributed by atoms with Crippen molar-refractivity contribution in [3.63, 3.8) is 0 Å². The van der Waals surface area contributed by atoms with Crippen molar-refractivity contribution in [2.45, 2.75) is 38.1 Å². The first-order valence-electron chi connectivity index (χ1n) is 9.07. The number of nitrogens with one attached hydrogen (secondary N) is 1. The zero-order valence-corrected chi connectivity index (χ0v) is 17.4. The summed E-state index contributed by atoms with van der Waals surface area (Å²) in [5, 5.41) is 0. The van der Waals surface area contributed by atoms with E-state index in [2.05, 4.69) is 4.72 Å². The van der Waals surface area contributed by atoms with Gasteiger partial charge in [0, 0.05) is 13.1 Å². The third kappa shape index (κ3) is 4.76. The fraction of sp³-hybridized carbons (Fsp3) is 0.381. The highest BCUT2D eigenvalue weighted by Gasteiger charge is 2.28. The van der Waals surface area contributed by atoms with Gasteiger partial charge in [-0.3, -0.25) is 4.79 Å². The molecule has 0 fully saturated rings. The minimum absolute atomic E-state index is 0.151. The average molecular weight is 389 g/mol. The maximum absolute atomic E-state index is 13.3. The predicted octanol–water partition coefficient (Wildman–Crippen LogP) is 3.72. The summed E-state index contributed by atoms with van der Waals surface area (Å²) >= 11 is 0. The zero-order valence-electron chi connectivity index (χ0n) is 16.6. The van der Waals surface area contributed by atoms with Crippen LogP contribution in [0.4, 0.5) is 0 Å². The van der Waals surface area contributed by atoms with Crippen molar-refractivity contribution in [2.75, 3.05) is 20.2 Å². The molecule has 1 unspecified atom stereocenters. The van der Waals surface area contributed by atoms with Gasteiger partial charge in [-0.05, 0) is 45.4 Å². The highest BCUT2D eigenvalue weighted by molar-refractivity contribution is 7.83. The molecule has 27 heavy (non-hydrogen) atoms. The number of amides is 1. The lowest BCUT2D eigenvalue weighted by Crippen LogP contribution is -2.39. The number of benzene rings is 2. The molecule has 6 heteroatoms. The van der Waals surface area contributed by atoms with E-state index in [-0.39, 0.29) is 5.91 Å². The Morgan fingerprint density at radius 1 is 1.07 bits per heavy atom. The van der Waals surface area contributed by atoms with Gasteiger partial charge in [-0.25, -0.2) is 8.93 Å². The highest BCUT2D eigenvalue weighted by Crippen LogP contribution is 2.29. The Labute approximate surface area is 164 Å². The molecule has 1 amide bonds. The second-order valence-electron chi connectivity index (χ2n) is 6.68. The van der Waals surface area contributed by atoms with Crippen LogP contribution in [0.15, 0.2) is 53.4 Å². The average Bonchev–Trinajstić information content (AvgIpc) is 2.68. The Morgan fingerprint density at radius 2 is 1.70 bits per heavy atom. The monoisotopic (exact) mass is 388 g/mol. The van der Waals surface area contributed by atoms with Crippen LogP contribution in [-0.4, -0.2) is 35.2 Å². The van der Waals surface area contributed by atoms with Gasteiger partial charge in [0.1, 0.15) is 21.6 Å². The van der Waals surface area contributed by atoms with Gasteiger partial charge in [0.2, 0.25) is 0 Å². The van der Waals surface area contributed by atoms with Crippen LogP contribution in [0.25, 0.3) is 0 Å². The lowest BCUT2D eigenvalue weighted by atomic mass is 9.96. The normalized spacial score (nSPS) is 12.5. The quantitative estimate of drug-likeness (QED) is 0.750. The molecule has 5 nitrogen and oxygen atoms in total. The van der Waals surface area contributed by atoms with Crippen molar-refractivity contribution >= 4 is 16.9 Å². The number of hydrogen-bond donors (Lipinski definition) is 1. The number of methoxy groups -OCH3 is 1. The van der Waals surface area contributed by atoms with Crippen LogP contribution in [0, 0.1) is 0 Å². The van der Waals surface area contributed by atoms with Crippen LogP contribution in [-0.2, 0) is 16.5 Å². The van der Waals surface area contributed by atoms with E-state index in [1.807, 2.05) is 58.0 Å². The third-order valence-electron chi connectivity index (χ3n) is 4.51. The first-order valence-corrected chi connectivity index (χ1v) is 10.2. The molecule has 2 aromatic rings.